The Balaban J connectivity index is 1.45. The van der Waals surface area contributed by atoms with Gasteiger partial charge in [0.2, 0.25) is 0 Å². The number of aromatic nitrogens is 2. The molecule has 0 atom stereocenters. The number of hydrogen-bond acceptors (Lipinski definition) is 2. The number of phenols is 1. The Labute approximate surface area is 308 Å². The van der Waals surface area contributed by atoms with Crippen LogP contribution in [0.4, 0.5) is 0 Å². The lowest BCUT2D eigenvalue weighted by molar-refractivity contribution is 0.484. The van der Waals surface area contributed by atoms with Crippen LogP contribution < -0.4 is 49.2 Å². The van der Waals surface area contributed by atoms with Gasteiger partial charge in [0, 0.05) is 11.3 Å². The van der Waals surface area contributed by atoms with Gasteiger partial charge in [-0.3, -0.25) is 4.57 Å². The molecule has 1 heterocycles. The quantitative estimate of drug-likeness (QED) is 0.205. The molecule has 0 aliphatic heterocycles. The molecule has 0 aliphatic carbocycles. The summed E-state index contributed by atoms with van der Waals surface area (Å²) < 4.78 is 1.94. The standard InChI is InChI=1S/C39H17B9N2O/c40-29-27(30(41)34(45)36(47)33(29)44)26-21-12-3-1-10-19(21)25(20-11-2-4-13-22(20)26)17-8-7-9-18(16-17)50-24-15-6-5-14-23(24)49-39(50)28-31(42)35(46)37(48)38(51)32(28)43/h1-16,51H. The second-order valence-corrected chi connectivity index (χ2v) is 12.5. The minimum absolute atomic E-state index is 0.0213. The summed E-state index contributed by atoms with van der Waals surface area (Å²) in [6, 6.07) is 31.8. The molecule has 0 spiro atoms. The minimum Gasteiger partial charge on any atom is -0.509 e. The lowest BCUT2D eigenvalue weighted by Gasteiger charge is -2.25. The van der Waals surface area contributed by atoms with Crippen LogP contribution >= 0.6 is 0 Å². The number of benzene rings is 7. The molecule has 0 aliphatic rings. The van der Waals surface area contributed by atoms with Crippen molar-refractivity contribution in [1.29, 1.82) is 0 Å². The number of aromatic hydroxyl groups is 1. The van der Waals surface area contributed by atoms with E-state index in [1.54, 1.807) is 0 Å². The number of fused-ring (bicyclic) bond motifs is 3. The first-order chi connectivity index (χ1) is 24.5. The molecule has 0 saturated carbocycles. The van der Waals surface area contributed by atoms with Gasteiger partial charge in [0.25, 0.3) is 0 Å². The van der Waals surface area contributed by atoms with Crippen molar-refractivity contribution in [1.82, 2.24) is 9.55 Å². The molecule has 216 valence electrons. The highest BCUT2D eigenvalue weighted by Gasteiger charge is 2.23. The van der Waals surface area contributed by atoms with Gasteiger partial charge in [0.1, 0.15) is 82.2 Å². The van der Waals surface area contributed by atoms with Crippen LogP contribution in [-0.2, 0) is 0 Å². The Bertz CT molecular complexity index is 2660. The maximum atomic E-state index is 10.8. The third-order valence-corrected chi connectivity index (χ3v) is 9.69. The zero-order chi connectivity index (χ0) is 35.9. The second kappa shape index (κ2) is 12.3. The van der Waals surface area contributed by atoms with E-state index in [0.717, 1.165) is 49.4 Å². The first-order valence-corrected chi connectivity index (χ1v) is 16.0. The van der Waals surface area contributed by atoms with Crippen LogP contribution in [0.1, 0.15) is 0 Å². The van der Waals surface area contributed by atoms with E-state index in [1.165, 1.54) is 0 Å². The number of rotatable bonds is 4. The van der Waals surface area contributed by atoms with Gasteiger partial charge in [-0.05, 0) is 73.5 Å². The van der Waals surface area contributed by atoms with E-state index in [0.29, 0.717) is 16.9 Å². The van der Waals surface area contributed by atoms with Crippen LogP contribution in [0.25, 0.3) is 71.9 Å². The van der Waals surface area contributed by atoms with E-state index in [-0.39, 0.29) is 60.5 Å². The van der Waals surface area contributed by atoms with Crippen LogP contribution in [0.15, 0.2) is 97.1 Å². The Kier molecular flexibility index (Phi) is 7.98. The fourth-order valence-corrected chi connectivity index (χ4v) is 7.14. The van der Waals surface area contributed by atoms with Gasteiger partial charge in [-0.2, -0.15) is 0 Å². The number of imidazole rings is 1. The average Bonchev–Trinajstić information content (AvgIpc) is 3.53. The van der Waals surface area contributed by atoms with Crippen molar-refractivity contribution in [3.05, 3.63) is 97.1 Å². The number of phenolic OH excluding ortho intramolecular Hbond substituents is 1. The fraction of sp³-hybridized carbons (Fsp3) is 0. The van der Waals surface area contributed by atoms with Crippen molar-refractivity contribution >= 4 is 152 Å². The highest BCUT2D eigenvalue weighted by Crippen LogP contribution is 2.43. The Morgan fingerprint density at radius 2 is 0.922 bits per heavy atom. The molecule has 0 fully saturated rings. The summed E-state index contributed by atoms with van der Waals surface area (Å²) in [7, 11) is 57.4. The second-order valence-electron chi connectivity index (χ2n) is 12.5. The SMILES string of the molecule is [B]c1c([B])c([B])c(-c2c3ccccc3c(-c3cccc(-n4c(-c5c([B])c([B])c([B])c(O)c5[B])nc5ccccc54)c3)c3ccccc23)c([B])c1[B]. The number of para-hydroxylation sites is 2. The van der Waals surface area contributed by atoms with E-state index in [2.05, 4.69) is 18.2 Å². The summed E-state index contributed by atoms with van der Waals surface area (Å²) >= 11 is 0. The molecule has 8 rings (SSSR count). The molecule has 1 aromatic heterocycles. The van der Waals surface area contributed by atoms with Crippen molar-refractivity contribution in [2.24, 2.45) is 0 Å². The summed E-state index contributed by atoms with van der Waals surface area (Å²) in [4.78, 5) is 4.92. The summed E-state index contributed by atoms with van der Waals surface area (Å²) in [5.41, 5.74) is 6.78. The molecule has 7 aromatic carbocycles. The Hall–Kier alpha value is -5.09. The first-order valence-electron chi connectivity index (χ1n) is 16.0. The van der Waals surface area contributed by atoms with Crippen LogP contribution in [-0.4, -0.2) is 85.3 Å². The van der Waals surface area contributed by atoms with Crippen molar-refractivity contribution in [2.75, 3.05) is 0 Å². The summed E-state index contributed by atoms with van der Waals surface area (Å²) in [6.45, 7) is 0. The number of nitrogens with zero attached hydrogens (tertiary/aromatic N) is 2. The highest BCUT2D eigenvalue weighted by atomic mass is 16.3. The van der Waals surface area contributed by atoms with Gasteiger partial charge in [-0.25, -0.2) is 4.98 Å². The number of hydrogen-bond donors (Lipinski definition) is 1. The molecule has 12 heteroatoms. The van der Waals surface area contributed by atoms with E-state index >= 15 is 0 Å². The van der Waals surface area contributed by atoms with E-state index in [1.807, 2.05) is 83.4 Å². The molecule has 0 saturated heterocycles. The smallest absolute Gasteiger partial charge is 0.144 e. The third-order valence-electron chi connectivity index (χ3n) is 9.69. The van der Waals surface area contributed by atoms with Gasteiger partial charge in [-0.1, -0.05) is 94.6 Å². The van der Waals surface area contributed by atoms with Gasteiger partial charge >= 0.3 is 0 Å². The maximum absolute atomic E-state index is 10.8. The molecule has 3 nitrogen and oxygen atoms in total. The Morgan fingerprint density at radius 1 is 0.431 bits per heavy atom. The highest BCUT2D eigenvalue weighted by molar-refractivity contribution is 6.69. The van der Waals surface area contributed by atoms with Crippen LogP contribution in [0.3, 0.4) is 0 Å². The van der Waals surface area contributed by atoms with Crippen molar-refractivity contribution in [3.63, 3.8) is 0 Å². The zero-order valence-electron chi connectivity index (χ0n) is 27.3. The van der Waals surface area contributed by atoms with Gasteiger partial charge in [-0.15, -0.1) is 21.9 Å². The van der Waals surface area contributed by atoms with E-state index in [9.17, 15) is 5.11 Å². The first kappa shape index (κ1) is 33.1. The third kappa shape index (κ3) is 4.90. The topological polar surface area (TPSA) is 38.0 Å². The zero-order valence-corrected chi connectivity index (χ0v) is 27.3. The monoisotopic (exact) mass is 628 g/mol. The summed E-state index contributed by atoms with van der Waals surface area (Å²) in [6.07, 6.45) is 0. The fourth-order valence-electron chi connectivity index (χ4n) is 7.14. The van der Waals surface area contributed by atoms with Crippen LogP contribution in [0, 0.1) is 0 Å². The largest absolute Gasteiger partial charge is 0.509 e. The molecule has 8 aromatic rings. The van der Waals surface area contributed by atoms with Crippen LogP contribution in [0.5, 0.6) is 5.75 Å². The molecule has 0 amide bonds. The minimum atomic E-state index is -0.354. The van der Waals surface area contributed by atoms with E-state index in [4.69, 9.17) is 75.6 Å². The molecular formula is C39H17B9N2O. The van der Waals surface area contributed by atoms with Crippen molar-refractivity contribution in [2.45, 2.75) is 0 Å². The van der Waals surface area contributed by atoms with Crippen molar-refractivity contribution < 1.29 is 5.11 Å². The molecule has 18 radical (unpaired) electrons. The van der Waals surface area contributed by atoms with Gasteiger partial charge in [0.05, 0.1) is 11.0 Å². The van der Waals surface area contributed by atoms with E-state index < -0.39 is 0 Å². The molecule has 0 unspecified atom stereocenters. The molecule has 1 N–H and O–H groups in total. The summed E-state index contributed by atoms with van der Waals surface area (Å²) in [5, 5.41) is 14.5. The molecular weight excluding hydrogens is 610 g/mol. The lowest BCUT2D eigenvalue weighted by Crippen LogP contribution is -2.55. The normalized spacial score (nSPS) is 11.5. The van der Waals surface area contributed by atoms with Crippen LogP contribution in [0.2, 0.25) is 0 Å². The Morgan fingerprint density at radius 3 is 1.53 bits per heavy atom. The predicted molar refractivity (Wildman–Crippen MR) is 223 cm³/mol. The van der Waals surface area contributed by atoms with Gasteiger partial charge in [0.15, 0.2) is 0 Å². The maximum Gasteiger partial charge on any atom is 0.144 e. The van der Waals surface area contributed by atoms with Gasteiger partial charge < -0.3 is 5.11 Å². The molecule has 51 heavy (non-hydrogen) atoms. The summed E-state index contributed by atoms with van der Waals surface area (Å²) in [5.74, 6) is 0.0351. The average molecular weight is 627 g/mol. The molecule has 0 bridgehead atoms. The lowest BCUT2D eigenvalue weighted by atomic mass is 9.59. The van der Waals surface area contributed by atoms with Crippen molar-refractivity contribution in [3.8, 4) is 45.1 Å². The predicted octanol–water partition coefficient (Wildman–Crippen LogP) is -0.817.